The monoisotopic (exact) mass is 286 g/mol. The molecule has 0 aliphatic rings. The topological polar surface area (TPSA) is 41.1 Å². The Bertz CT molecular complexity index is 599. The molecule has 0 fully saturated rings. The molecule has 0 bridgehead atoms. The van der Waals surface area contributed by atoms with Crippen molar-refractivity contribution in [3.05, 3.63) is 65.5 Å². The second-order valence-corrected chi connectivity index (χ2v) is 4.89. The van der Waals surface area contributed by atoms with Crippen LogP contribution in [0.15, 0.2) is 48.5 Å². The molecule has 1 amide bonds. The maximum Gasteiger partial charge on any atom is 0.239 e. The number of carbonyl (C=O) groups is 1. The van der Waals surface area contributed by atoms with Crippen LogP contribution in [0.25, 0.3) is 0 Å². The molecule has 0 radical (unpaired) electrons. The Hall–Kier alpha value is -2.36. The predicted octanol–water partition coefficient (Wildman–Crippen LogP) is 2.90. The second kappa shape index (κ2) is 7.43. The first-order chi connectivity index (χ1) is 10.1. The molecule has 0 saturated heterocycles. The zero-order chi connectivity index (χ0) is 15.1. The minimum absolute atomic E-state index is 0.0568. The first kappa shape index (κ1) is 15.0. The van der Waals surface area contributed by atoms with Gasteiger partial charge in [0.1, 0.15) is 5.82 Å². The highest BCUT2D eigenvalue weighted by atomic mass is 19.1. The van der Waals surface area contributed by atoms with Gasteiger partial charge >= 0.3 is 0 Å². The summed E-state index contributed by atoms with van der Waals surface area (Å²) in [6.45, 7) is 2.66. The summed E-state index contributed by atoms with van der Waals surface area (Å²) in [6.07, 6.45) is 0.698. The fourth-order valence-corrected chi connectivity index (χ4v) is 2.08. The first-order valence-corrected chi connectivity index (χ1v) is 6.96. The molecule has 0 spiro atoms. The van der Waals surface area contributed by atoms with Gasteiger partial charge in [-0.25, -0.2) is 4.39 Å². The molecule has 0 unspecified atom stereocenters. The van der Waals surface area contributed by atoms with Gasteiger partial charge in [-0.3, -0.25) is 4.79 Å². The van der Waals surface area contributed by atoms with Crippen LogP contribution in [0.4, 0.5) is 10.1 Å². The number of rotatable bonds is 6. The molecule has 0 aliphatic carbocycles. The number of halogens is 1. The Morgan fingerprint density at radius 3 is 2.62 bits per heavy atom. The van der Waals surface area contributed by atoms with E-state index >= 15 is 0 Å². The number of amides is 1. The van der Waals surface area contributed by atoms with E-state index in [0.29, 0.717) is 13.0 Å². The maximum absolute atomic E-state index is 13.0. The molecule has 3 nitrogen and oxygen atoms in total. The highest BCUT2D eigenvalue weighted by Crippen LogP contribution is 2.10. The largest absolute Gasteiger partial charge is 0.376 e. The van der Waals surface area contributed by atoms with Gasteiger partial charge in [0.15, 0.2) is 0 Å². The van der Waals surface area contributed by atoms with E-state index in [1.807, 2.05) is 37.3 Å². The number of aryl methyl sites for hydroxylation is 1. The zero-order valence-corrected chi connectivity index (χ0v) is 12.0. The van der Waals surface area contributed by atoms with Crippen LogP contribution in [-0.2, 0) is 11.2 Å². The number of nitrogens with one attached hydrogen (secondary N) is 2. The van der Waals surface area contributed by atoms with Gasteiger partial charge in [-0.2, -0.15) is 0 Å². The van der Waals surface area contributed by atoms with Crippen LogP contribution in [0.5, 0.6) is 0 Å². The van der Waals surface area contributed by atoms with E-state index in [2.05, 4.69) is 10.6 Å². The number of benzene rings is 2. The van der Waals surface area contributed by atoms with Crippen LogP contribution >= 0.6 is 0 Å². The summed E-state index contributed by atoms with van der Waals surface area (Å²) >= 11 is 0. The van der Waals surface area contributed by atoms with Gasteiger partial charge in [-0.05, 0) is 48.7 Å². The van der Waals surface area contributed by atoms with E-state index in [1.54, 1.807) is 6.07 Å². The van der Waals surface area contributed by atoms with Crippen LogP contribution in [-0.4, -0.2) is 19.0 Å². The van der Waals surface area contributed by atoms with E-state index in [-0.39, 0.29) is 18.3 Å². The Labute approximate surface area is 124 Å². The van der Waals surface area contributed by atoms with Crippen molar-refractivity contribution in [1.82, 2.24) is 5.32 Å². The van der Waals surface area contributed by atoms with Crippen molar-refractivity contribution in [1.29, 1.82) is 0 Å². The molecule has 21 heavy (non-hydrogen) atoms. The van der Waals surface area contributed by atoms with Gasteiger partial charge in [0.25, 0.3) is 0 Å². The lowest BCUT2D eigenvalue weighted by Crippen LogP contribution is -2.31. The molecule has 2 aromatic carbocycles. The fraction of sp³-hybridized carbons (Fsp3) is 0.235. The number of carbonyl (C=O) groups excluding carboxylic acids is 1. The molecule has 0 heterocycles. The number of anilines is 1. The van der Waals surface area contributed by atoms with Crippen molar-refractivity contribution in [2.75, 3.05) is 18.4 Å². The van der Waals surface area contributed by atoms with Gasteiger partial charge in [0.05, 0.1) is 6.54 Å². The van der Waals surface area contributed by atoms with E-state index in [4.69, 9.17) is 0 Å². The van der Waals surface area contributed by atoms with Crippen LogP contribution in [0.3, 0.4) is 0 Å². The molecule has 4 heteroatoms. The van der Waals surface area contributed by atoms with Crippen molar-refractivity contribution in [2.24, 2.45) is 0 Å². The average molecular weight is 286 g/mol. The molecule has 110 valence electrons. The summed E-state index contributed by atoms with van der Waals surface area (Å²) in [5.41, 5.74) is 2.88. The van der Waals surface area contributed by atoms with Gasteiger partial charge in [-0.15, -0.1) is 0 Å². The summed E-state index contributed by atoms with van der Waals surface area (Å²) in [6, 6.07) is 14.3. The van der Waals surface area contributed by atoms with Crippen LogP contribution in [0.2, 0.25) is 0 Å². The van der Waals surface area contributed by atoms with E-state index in [9.17, 15) is 9.18 Å². The van der Waals surface area contributed by atoms with Gasteiger partial charge in [0.2, 0.25) is 5.91 Å². The molecule has 0 saturated carbocycles. The highest BCUT2D eigenvalue weighted by molar-refractivity contribution is 5.80. The summed E-state index contributed by atoms with van der Waals surface area (Å²) in [4.78, 5) is 11.7. The minimum Gasteiger partial charge on any atom is -0.376 e. The molecule has 2 rings (SSSR count). The Morgan fingerprint density at radius 2 is 1.90 bits per heavy atom. The quantitative estimate of drug-likeness (QED) is 0.857. The average Bonchev–Trinajstić information content (AvgIpc) is 2.48. The zero-order valence-electron chi connectivity index (χ0n) is 12.0. The molecule has 0 aromatic heterocycles. The summed E-state index contributed by atoms with van der Waals surface area (Å²) < 4.78 is 13.0. The van der Waals surface area contributed by atoms with E-state index in [1.165, 1.54) is 12.1 Å². The Balaban J connectivity index is 1.72. The van der Waals surface area contributed by atoms with Crippen molar-refractivity contribution in [3.63, 3.8) is 0 Å². The van der Waals surface area contributed by atoms with Crippen molar-refractivity contribution < 1.29 is 9.18 Å². The smallest absolute Gasteiger partial charge is 0.239 e. The molecular formula is C17H19FN2O. The normalized spacial score (nSPS) is 10.2. The van der Waals surface area contributed by atoms with Crippen LogP contribution in [0, 0.1) is 12.7 Å². The van der Waals surface area contributed by atoms with Gasteiger partial charge in [-0.1, -0.05) is 24.3 Å². The minimum atomic E-state index is -0.229. The third-order valence-corrected chi connectivity index (χ3v) is 3.25. The molecule has 0 atom stereocenters. The third kappa shape index (κ3) is 4.91. The number of hydrogen-bond acceptors (Lipinski definition) is 2. The molecule has 2 N–H and O–H groups in total. The predicted molar refractivity (Wildman–Crippen MR) is 82.8 cm³/mol. The lowest BCUT2D eigenvalue weighted by Gasteiger charge is -2.09. The Morgan fingerprint density at radius 1 is 1.14 bits per heavy atom. The lowest BCUT2D eigenvalue weighted by molar-refractivity contribution is -0.119. The van der Waals surface area contributed by atoms with Gasteiger partial charge < -0.3 is 10.6 Å². The van der Waals surface area contributed by atoms with Crippen molar-refractivity contribution >= 4 is 11.6 Å². The second-order valence-electron chi connectivity index (χ2n) is 4.89. The van der Waals surface area contributed by atoms with Crippen molar-refractivity contribution in [3.8, 4) is 0 Å². The molecule has 0 aliphatic heterocycles. The fourth-order valence-electron chi connectivity index (χ4n) is 2.08. The maximum atomic E-state index is 13.0. The van der Waals surface area contributed by atoms with Crippen molar-refractivity contribution in [2.45, 2.75) is 13.3 Å². The first-order valence-electron chi connectivity index (χ1n) is 6.96. The summed E-state index contributed by atoms with van der Waals surface area (Å²) in [5.74, 6) is -0.286. The Kier molecular flexibility index (Phi) is 5.32. The summed E-state index contributed by atoms with van der Waals surface area (Å²) in [7, 11) is 0. The SMILES string of the molecule is Cc1cc(F)ccc1CCNC(=O)CNc1ccccc1. The van der Waals surface area contributed by atoms with Gasteiger partial charge in [0, 0.05) is 12.2 Å². The molecule has 2 aromatic rings. The van der Waals surface area contributed by atoms with E-state index < -0.39 is 0 Å². The standard InChI is InChI=1S/C17H19FN2O/c1-13-11-15(18)8-7-14(13)9-10-19-17(21)12-20-16-5-3-2-4-6-16/h2-8,11,20H,9-10,12H2,1H3,(H,19,21). The lowest BCUT2D eigenvalue weighted by atomic mass is 10.1. The number of hydrogen-bond donors (Lipinski definition) is 2. The highest BCUT2D eigenvalue weighted by Gasteiger charge is 2.03. The van der Waals surface area contributed by atoms with Crippen LogP contribution in [0.1, 0.15) is 11.1 Å². The van der Waals surface area contributed by atoms with E-state index in [0.717, 1.165) is 16.8 Å². The molecular weight excluding hydrogens is 267 g/mol. The number of para-hydroxylation sites is 1. The third-order valence-electron chi connectivity index (χ3n) is 3.25. The summed E-state index contributed by atoms with van der Waals surface area (Å²) in [5, 5.41) is 5.90. The van der Waals surface area contributed by atoms with Crippen LogP contribution < -0.4 is 10.6 Å².